The van der Waals surface area contributed by atoms with Gasteiger partial charge >= 0.3 is 0 Å². The van der Waals surface area contributed by atoms with Crippen molar-refractivity contribution in [3.63, 3.8) is 0 Å². The molecule has 0 radical (unpaired) electrons. The Bertz CT molecular complexity index is 262. The number of nitrogens with one attached hydrogen (secondary N) is 1. The molecular weight excluding hydrogens is 246 g/mol. The van der Waals surface area contributed by atoms with Crippen LogP contribution in [-0.4, -0.2) is 82.5 Å². The number of carbonyl (C=O) groups is 1. The summed E-state index contributed by atoms with van der Waals surface area (Å²) in [6, 6.07) is 0.485. The fourth-order valence-corrected chi connectivity index (χ4v) is 2.15. The lowest BCUT2D eigenvalue weighted by atomic mass is 10.1. The number of amides is 1. The molecule has 0 aliphatic carbocycles. The van der Waals surface area contributed by atoms with Crippen molar-refractivity contribution in [2.24, 2.45) is 0 Å². The summed E-state index contributed by atoms with van der Waals surface area (Å²) in [5.41, 5.74) is 0. The first-order valence-corrected chi connectivity index (χ1v) is 6.78. The molecule has 1 aliphatic rings. The van der Waals surface area contributed by atoms with E-state index in [1.165, 1.54) is 0 Å². The molecule has 19 heavy (non-hydrogen) atoms. The van der Waals surface area contributed by atoms with E-state index in [-0.39, 0.29) is 12.2 Å². The third-order valence-corrected chi connectivity index (χ3v) is 3.54. The van der Waals surface area contributed by atoms with Crippen LogP contribution in [0.25, 0.3) is 0 Å². The number of piperidine rings is 1. The van der Waals surface area contributed by atoms with Gasteiger partial charge in [-0.3, -0.25) is 9.69 Å². The highest BCUT2D eigenvalue weighted by molar-refractivity contribution is 5.77. The minimum atomic E-state index is -0.187. The van der Waals surface area contributed by atoms with Crippen LogP contribution >= 0.6 is 0 Å². The fourth-order valence-electron chi connectivity index (χ4n) is 2.15. The molecule has 0 unspecified atom stereocenters. The second-order valence-corrected chi connectivity index (χ2v) is 5.15. The van der Waals surface area contributed by atoms with Gasteiger partial charge in [0, 0.05) is 54.0 Å². The van der Waals surface area contributed by atoms with E-state index in [9.17, 15) is 4.79 Å². The first-order valence-electron chi connectivity index (χ1n) is 6.78. The van der Waals surface area contributed by atoms with Gasteiger partial charge in [-0.1, -0.05) is 0 Å². The van der Waals surface area contributed by atoms with Crippen LogP contribution in [0.5, 0.6) is 0 Å². The third kappa shape index (κ3) is 5.86. The van der Waals surface area contributed by atoms with E-state index in [4.69, 9.17) is 9.47 Å². The number of likely N-dealkylation sites (N-methyl/N-ethyl adjacent to an activating group) is 1. The van der Waals surface area contributed by atoms with Crippen molar-refractivity contribution >= 4 is 5.91 Å². The Morgan fingerprint density at radius 3 is 2.37 bits per heavy atom. The van der Waals surface area contributed by atoms with Gasteiger partial charge in [0.15, 0.2) is 6.29 Å². The highest BCUT2D eigenvalue weighted by Gasteiger charge is 2.21. The summed E-state index contributed by atoms with van der Waals surface area (Å²) in [4.78, 5) is 15.5. The molecule has 1 saturated heterocycles. The topological polar surface area (TPSA) is 54.0 Å². The molecule has 1 N–H and O–H groups in total. The third-order valence-electron chi connectivity index (χ3n) is 3.54. The van der Waals surface area contributed by atoms with Crippen LogP contribution in [0.1, 0.15) is 12.8 Å². The predicted octanol–water partition coefficient (Wildman–Crippen LogP) is -0.252. The monoisotopic (exact) mass is 273 g/mol. The van der Waals surface area contributed by atoms with Crippen LogP contribution in [0.3, 0.4) is 0 Å². The molecule has 6 heteroatoms. The average Bonchev–Trinajstić information content (AvgIpc) is 2.41. The molecule has 1 amide bonds. The molecular formula is C13H27N3O3. The van der Waals surface area contributed by atoms with Gasteiger partial charge in [-0.15, -0.1) is 0 Å². The molecule has 0 aromatic heterocycles. The van der Waals surface area contributed by atoms with Crippen molar-refractivity contribution in [2.45, 2.75) is 25.2 Å². The summed E-state index contributed by atoms with van der Waals surface area (Å²) < 4.78 is 10.3. The number of rotatable bonds is 7. The zero-order chi connectivity index (χ0) is 14.3. The van der Waals surface area contributed by atoms with E-state index in [1.54, 1.807) is 33.2 Å². The summed E-state index contributed by atoms with van der Waals surface area (Å²) >= 11 is 0. The van der Waals surface area contributed by atoms with E-state index in [0.717, 1.165) is 25.9 Å². The zero-order valence-corrected chi connectivity index (χ0v) is 12.5. The summed E-state index contributed by atoms with van der Waals surface area (Å²) in [6.45, 7) is 3.15. The molecule has 6 nitrogen and oxygen atoms in total. The highest BCUT2D eigenvalue weighted by atomic mass is 16.7. The van der Waals surface area contributed by atoms with Gasteiger partial charge in [-0.25, -0.2) is 0 Å². The molecule has 1 fully saturated rings. The largest absolute Gasteiger partial charge is 0.355 e. The second-order valence-electron chi connectivity index (χ2n) is 5.15. The molecule has 1 rings (SSSR count). The average molecular weight is 273 g/mol. The lowest BCUT2D eigenvalue weighted by Crippen LogP contribution is -2.47. The number of hydrogen-bond acceptors (Lipinski definition) is 5. The van der Waals surface area contributed by atoms with E-state index >= 15 is 0 Å². The number of nitrogens with zero attached hydrogens (tertiary/aromatic N) is 2. The lowest BCUT2D eigenvalue weighted by Gasteiger charge is -2.33. The maximum atomic E-state index is 11.6. The maximum absolute atomic E-state index is 11.6. The summed E-state index contributed by atoms with van der Waals surface area (Å²) in [7, 11) is 6.88. The van der Waals surface area contributed by atoms with Crippen LogP contribution < -0.4 is 5.32 Å². The van der Waals surface area contributed by atoms with Crippen LogP contribution in [-0.2, 0) is 14.3 Å². The number of methoxy groups -OCH3 is 2. The molecule has 1 aliphatic heterocycles. The summed E-state index contributed by atoms with van der Waals surface area (Å²) in [5.74, 6) is 0.172. The minimum absolute atomic E-state index is 0.172. The molecule has 0 saturated carbocycles. The SMILES string of the molecule is COC(CNC1CCN(CC(=O)N(C)C)CC1)OC. The Labute approximate surface area is 116 Å². The summed E-state index contributed by atoms with van der Waals surface area (Å²) in [6.07, 6.45) is 1.93. The molecule has 0 spiro atoms. The van der Waals surface area contributed by atoms with Gasteiger partial charge in [-0.05, 0) is 12.8 Å². The van der Waals surface area contributed by atoms with Crippen molar-refractivity contribution in [1.29, 1.82) is 0 Å². The van der Waals surface area contributed by atoms with E-state index in [2.05, 4.69) is 10.2 Å². The van der Waals surface area contributed by atoms with Crippen LogP contribution in [0.2, 0.25) is 0 Å². The molecule has 112 valence electrons. The molecule has 0 aromatic rings. The first kappa shape index (κ1) is 16.4. The predicted molar refractivity (Wildman–Crippen MR) is 74.0 cm³/mol. The fraction of sp³-hybridized carbons (Fsp3) is 0.923. The van der Waals surface area contributed by atoms with Gasteiger partial charge in [0.05, 0.1) is 6.54 Å². The van der Waals surface area contributed by atoms with Crippen LogP contribution in [0.15, 0.2) is 0 Å². The Morgan fingerprint density at radius 2 is 1.89 bits per heavy atom. The number of hydrogen-bond donors (Lipinski definition) is 1. The van der Waals surface area contributed by atoms with Crippen molar-refractivity contribution in [3.05, 3.63) is 0 Å². The Hall–Kier alpha value is -0.690. The van der Waals surface area contributed by atoms with Crippen molar-refractivity contribution in [1.82, 2.24) is 15.1 Å². The van der Waals surface area contributed by atoms with Gasteiger partial charge < -0.3 is 19.7 Å². The van der Waals surface area contributed by atoms with Gasteiger partial charge in [-0.2, -0.15) is 0 Å². The zero-order valence-electron chi connectivity index (χ0n) is 12.5. The van der Waals surface area contributed by atoms with E-state index in [0.29, 0.717) is 19.1 Å². The van der Waals surface area contributed by atoms with Gasteiger partial charge in [0.25, 0.3) is 0 Å². The Kier molecular flexibility index (Phi) is 7.30. The first-order chi connectivity index (χ1) is 9.06. The molecule has 0 atom stereocenters. The number of likely N-dealkylation sites (tertiary alicyclic amines) is 1. The number of ether oxygens (including phenoxy) is 2. The summed E-state index contributed by atoms with van der Waals surface area (Å²) in [5, 5.41) is 3.45. The standard InChI is InChI=1S/C13H27N3O3/c1-15(2)12(17)10-16-7-5-11(6-8-16)14-9-13(18-3)19-4/h11,13-14H,5-10H2,1-4H3. The maximum Gasteiger partial charge on any atom is 0.236 e. The van der Waals surface area contributed by atoms with Gasteiger partial charge in [0.2, 0.25) is 5.91 Å². The van der Waals surface area contributed by atoms with Crippen molar-refractivity contribution < 1.29 is 14.3 Å². The molecule has 0 bridgehead atoms. The second kappa shape index (κ2) is 8.47. The van der Waals surface area contributed by atoms with Crippen LogP contribution in [0, 0.1) is 0 Å². The number of carbonyl (C=O) groups excluding carboxylic acids is 1. The highest BCUT2D eigenvalue weighted by Crippen LogP contribution is 2.10. The minimum Gasteiger partial charge on any atom is -0.355 e. The smallest absolute Gasteiger partial charge is 0.236 e. The van der Waals surface area contributed by atoms with Crippen molar-refractivity contribution in [2.75, 3.05) is 54.5 Å². The lowest BCUT2D eigenvalue weighted by molar-refractivity contribution is -0.130. The quantitative estimate of drug-likeness (QED) is 0.648. The molecule has 0 aromatic carbocycles. The van der Waals surface area contributed by atoms with Crippen LogP contribution in [0.4, 0.5) is 0 Å². The van der Waals surface area contributed by atoms with Gasteiger partial charge in [0.1, 0.15) is 0 Å². The van der Waals surface area contributed by atoms with E-state index in [1.807, 2.05) is 0 Å². The normalized spacial score (nSPS) is 17.9. The molecule has 1 heterocycles. The Balaban J connectivity index is 2.20. The Morgan fingerprint density at radius 1 is 1.32 bits per heavy atom. The van der Waals surface area contributed by atoms with E-state index < -0.39 is 0 Å². The van der Waals surface area contributed by atoms with Crippen molar-refractivity contribution in [3.8, 4) is 0 Å².